The fourth-order valence-electron chi connectivity index (χ4n) is 2.81. The average molecular weight is 285 g/mol. The summed E-state index contributed by atoms with van der Waals surface area (Å²) in [7, 11) is 1.89. The van der Waals surface area contributed by atoms with Crippen molar-refractivity contribution in [2.24, 2.45) is 0 Å². The van der Waals surface area contributed by atoms with Crippen molar-refractivity contribution in [1.29, 1.82) is 5.26 Å². The number of nitriles is 1. The number of urea groups is 1. The van der Waals surface area contributed by atoms with E-state index < -0.39 is 0 Å². The number of nitrogens with one attached hydrogen (secondary N) is 1. The molecule has 1 aromatic rings. The van der Waals surface area contributed by atoms with Crippen LogP contribution in [-0.2, 0) is 6.54 Å². The SMILES string of the molecule is CN(C(=O)NCc1ccc(C#N)cc1)C1CCCCCC1. The fourth-order valence-corrected chi connectivity index (χ4v) is 2.81. The summed E-state index contributed by atoms with van der Waals surface area (Å²) in [5, 5.41) is 11.7. The number of nitrogens with zero attached hydrogens (tertiary/aromatic N) is 2. The summed E-state index contributed by atoms with van der Waals surface area (Å²) in [5.74, 6) is 0. The van der Waals surface area contributed by atoms with E-state index in [1.807, 2.05) is 24.1 Å². The van der Waals surface area contributed by atoms with E-state index in [1.54, 1.807) is 12.1 Å². The smallest absolute Gasteiger partial charge is 0.317 e. The Hall–Kier alpha value is -2.02. The molecule has 0 spiro atoms. The highest BCUT2D eigenvalue weighted by Crippen LogP contribution is 2.21. The molecule has 1 saturated carbocycles. The maximum atomic E-state index is 12.2. The molecule has 0 unspecified atom stereocenters. The first-order valence-corrected chi connectivity index (χ1v) is 7.70. The molecule has 1 aliphatic carbocycles. The molecule has 21 heavy (non-hydrogen) atoms. The van der Waals surface area contributed by atoms with Gasteiger partial charge in [-0.3, -0.25) is 0 Å². The number of carbonyl (C=O) groups excluding carboxylic acids is 1. The van der Waals surface area contributed by atoms with Gasteiger partial charge in [-0.25, -0.2) is 4.79 Å². The van der Waals surface area contributed by atoms with Gasteiger partial charge in [0.2, 0.25) is 0 Å². The first-order chi connectivity index (χ1) is 10.2. The number of hydrogen-bond donors (Lipinski definition) is 1. The van der Waals surface area contributed by atoms with Crippen LogP contribution in [0.5, 0.6) is 0 Å². The fraction of sp³-hybridized carbons (Fsp3) is 0.529. The lowest BCUT2D eigenvalue weighted by molar-refractivity contribution is 0.183. The zero-order valence-corrected chi connectivity index (χ0v) is 12.6. The third-order valence-electron chi connectivity index (χ3n) is 4.22. The van der Waals surface area contributed by atoms with Gasteiger partial charge in [-0.05, 0) is 30.5 Å². The standard InChI is InChI=1S/C17H23N3O/c1-20(16-6-4-2-3-5-7-16)17(21)19-13-15-10-8-14(12-18)9-11-15/h8-11,16H,2-7,13H2,1H3,(H,19,21). The van der Waals surface area contributed by atoms with Crippen LogP contribution in [0.2, 0.25) is 0 Å². The summed E-state index contributed by atoms with van der Waals surface area (Å²) in [4.78, 5) is 14.1. The number of carbonyl (C=O) groups is 1. The maximum Gasteiger partial charge on any atom is 0.317 e. The van der Waals surface area contributed by atoms with Crippen molar-refractivity contribution in [3.8, 4) is 6.07 Å². The first-order valence-electron chi connectivity index (χ1n) is 7.70. The molecule has 2 amide bonds. The van der Waals surface area contributed by atoms with Crippen LogP contribution in [0.1, 0.15) is 49.7 Å². The monoisotopic (exact) mass is 285 g/mol. The molecule has 0 radical (unpaired) electrons. The lowest BCUT2D eigenvalue weighted by atomic mass is 10.1. The summed E-state index contributed by atoms with van der Waals surface area (Å²) < 4.78 is 0. The van der Waals surface area contributed by atoms with Crippen molar-refractivity contribution in [3.05, 3.63) is 35.4 Å². The van der Waals surface area contributed by atoms with Gasteiger partial charge in [0, 0.05) is 19.6 Å². The lowest BCUT2D eigenvalue weighted by Gasteiger charge is -2.27. The molecule has 1 N–H and O–H groups in total. The van der Waals surface area contributed by atoms with Crippen LogP contribution >= 0.6 is 0 Å². The summed E-state index contributed by atoms with van der Waals surface area (Å²) in [6.45, 7) is 0.502. The van der Waals surface area contributed by atoms with Gasteiger partial charge in [0.25, 0.3) is 0 Å². The molecule has 1 fully saturated rings. The third kappa shape index (κ3) is 4.49. The van der Waals surface area contributed by atoms with Crippen molar-refractivity contribution in [2.75, 3.05) is 7.05 Å². The normalized spacial score (nSPS) is 15.8. The third-order valence-corrected chi connectivity index (χ3v) is 4.22. The van der Waals surface area contributed by atoms with E-state index in [9.17, 15) is 4.79 Å². The Morgan fingerprint density at radius 2 is 1.86 bits per heavy atom. The summed E-state index contributed by atoms with van der Waals surface area (Å²) in [5.41, 5.74) is 1.65. The second-order valence-corrected chi connectivity index (χ2v) is 5.72. The zero-order chi connectivity index (χ0) is 15.1. The predicted octanol–water partition coefficient (Wildman–Crippen LogP) is 3.42. The second-order valence-electron chi connectivity index (χ2n) is 5.72. The summed E-state index contributed by atoms with van der Waals surface area (Å²) >= 11 is 0. The molecule has 1 aromatic carbocycles. The zero-order valence-electron chi connectivity index (χ0n) is 12.6. The lowest BCUT2D eigenvalue weighted by Crippen LogP contribution is -2.43. The van der Waals surface area contributed by atoms with Gasteiger partial charge in [0.05, 0.1) is 11.6 Å². The highest BCUT2D eigenvalue weighted by atomic mass is 16.2. The van der Waals surface area contributed by atoms with Crippen molar-refractivity contribution in [1.82, 2.24) is 10.2 Å². The Balaban J connectivity index is 1.83. The van der Waals surface area contributed by atoms with Gasteiger partial charge in [-0.1, -0.05) is 37.8 Å². The Morgan fingerprint density at radius 1 is 1.24 bits per heavy atom. The number of hydrogen-bond acceptors (Lipinski definition) is 2. The predicted molar refractivity (Wildman–Crippen MR) is 82.6 cm³/mol. The number of amides is 2. The topological polar surface area (TPSA) is 56.1 Å². The Morgan fingerprint density at radius 3 is 2.43 bits per heavy atom. The van der Waals surface area contributed by atoms with E-state index in [0.717, 1.165) is 18.4 Å². The molecule has 1 aliphatic rings. The minimum atomic E-state index is -0.00809. The second kappa shape index (κ2) is 7.68. The largest absolute Gasteiger partial charge is 0.334 e. The van der Waals surface area contributed by atoms with Crippen LogP contribution in [0.4, 0.5) is 4.79 Å². The molecule has 2 rings (SSSR count). The molecule has 0 atom stereocenters. The molecule has 0 heterocycles. The van der Waals surface area contributed by atoms with E-state index in [4.69, 9.17) is 5.26 Å². The molecular formula is C17H23N3O. The van der Waals surface area contributed by atoms with Gasteiger partial charge >= 0.3 is 6.03 Å². The molecule has 0 aliphatic heterocycles. The van der Waals surface area contributed by atoms with Crippen LogP contribution < -0.4 is 5.32 Å². The van der Waals surface area contributed by atoms with Crippen LogP contribution in [0.15, 0.2) is 24.3 Å². The van der Waals surface area contributed by atoms with Crippen LogP contribution in [-0.4, -0.2) is 24.0 Å². The van der Waals surface area contributed by atoms with Gasteiger partial charge in [0.1, 0.15) is 0 Å². The minimum absolute atomic E-state index is 0.00809. The number of rotatable bonds is 3. The molecule has 0 aromatic heterocycles. The van der Waals surface area contributed by atoms with E-state index in [0.29, 0.717) is 18.2 Å². The van der Waals surface area contributed by atoms with E-state index in [-0.39, 0.29) is 6.03 Å². The molecular weight excluding hydrogens is 262 g/mol. The average Bonchev–Trinajstić information content (AvgIpc) is 2.81. The highest BCUT2D eigenvalue weighted by molar-refractivity contribution is 5.74. The summed E-state index contributed by atoms with van der Waals surface area (Å²) in [6.07, 6.45) is 7.24. The van der Waals surface area contributed by atoms with Crippen molar-refractivity contribution in [2.45, 2.75) is 51.1 Å². The van der Waals surface area contributed by atoms with E-state index >= 15 is 0 Å². The Kier molecular flexibility index (Phi) is 5.62. The van der Waals surface area contributed by atoms with Crippen LogP contribution in [0.3, 0.4) is 0 Å². The molecule has 4 heteroatoms. The minimum Gasteiger partial charge on any atom is -0.334 e. The van der Waals surface area contributed by atoms with E-state index in [1.165, 1.54) is 25.7 Å². The quantitative estimate of drug-likeness (QED) is 0.865. The van der Waals surface area contributed by atoms with Gasteiger partial charge in [0.15, 0.2) is 0 Å². The Bertz CT molecular complexity index is 496. The molecule has 4 nitrogen and oxygen atoms in total. The van der Waals surface area contributed by atoms with Gasteiger partial charge in [-0.15, -0.1) is 0 Å². The first kappa shape index (κ1) is 15.4. The van der Waals surface area contributed by atoms with Crippen molar-refractivity contribution in [3.63, 3.8) is 0 Å². The van der Waals surface area contributed by atoms with Crippen molar-refractivity contribution < 1.29 is 4.79 Å². The van der Waals surface area contributed by atoms with Crippen molar-refractivity contribution >= 4 is 6.03 Å². The van der Waals surface area contributed by atoms with Crippen LogP contribution in [0.25, 0.3) is 0 Å². The maximum absolute atomic E-state index is 12.2. The van der Waals surface area contributed by atoms with Gasteiger partial charge in [-0.2, -0.15) is 5.26 Å². The number of benzene rings is 1. The molecule has 0 bridgehead atoms. The summed E-state index contributed by atoms with van der Waals surface area (Å²) in [6, 6.07) is 9.76. The highest BCUT2D eigenvalue weighted by Gasteiger charge is 2.20. The Labute approximate surface area is 126 Å². The van der Waals surface area contributed by atoms with E-state index in [2.05, 4.69) is 11.4 Å². The van der Waals surface area contributed by atoms with Crippen LogP contribution in [0, 0.1) is 11.3 Å². The molecule has 0 saturated heterocycles. The van der Waals surface area contributed by atoms with Gasteiger partial charge < -0.3 is 10.2 Å². The molecule has 112 valence electrons.